The summed E-state index contributed by atoms with van der Waals surface area (Å²) in [6.07, 6.45) is 7.01. The van der Waals surface area contributed by atoms with Gasteiger partial charge in [-0.15, -0.1) is 0 Å². The Balaban J connectivity index is 1.74. The molecule has 0 aromatic rings. The average molecular weight is 270 g/mol. The fourth-order valence-electron chi connectivity index (χ4n) is 2.95. The largest absolute Gasteiger partial charge is 0.353 e. The van der Waals surface area contributed by atoms with Crippen LogP contribution >= 0.6 is 11.8 Å². The van der Waals surface area contributed by atoms with E-state index in [-0.39, 0.29) is 5.91 Å². The van der Waals surface area contributed by atoms with Crippen molar-refractivity contribution >= 4 is 17.7 Å². The van der Waals surface area contributed by atoms with E-state index in [1.54, 1.807) is 0 Å². The Labute approximate surface area is 115 Å². The van der Waals surface area contributed by atoms with Crippen LogP contribution in [-0.2, 0) is 4.79 Å². The van der Waals surface area contributed by atoms with Gasteiger partial charge in [0, 0.05) is 36.6 Å². The highest BCUT2D eigenvalue weighted by Gasteiger charge is 2.23. The molecule has 2 N–H and O–H groups in total. The van der Waals surface area contributed by atoms with Crippen molar-refractivity contribution in [3.05, 3.63) is 0 Å². The molecule has 1 heterocycles. The highest BCUT2D eigenvalue weighted by molar-refractivity contribution is 7.99. The highest BCUT2D eigenvalue weighted by atomic mass is 32.2. The molecule has 104 valence electrons. The lowest BCUT2D eigenvalue weighted by Gasteiger charge is -2.26. The Morgan fingerprint density at radius 2 is 2.17 bits per heavy atom. The molecule has 1 saturated carbocycles. The molecule has 1 aliphatic carbocycles. The monoisotopic (exact) mass is 270 g/mol. The summed E-state index contributed by atoms with van der Waals surface area (Å²) in [5.41, 5.74) is 0. The number of nitrogens with one attached hydrogen (secondary N) is 2. The lowest BCUT2D eigenvalue weighted by Crippen LogP contribution is -2.45. The summed E-state index contributed by atoms with van der Waals surface area (Å²) in [5.74, 6) is 3.14. The number of rotatable bonds is 3. The van der Waals surface area contributed by atoms with E-state index in [9.17, 15) is 4.79 Å². The zero-order chi connectivity index (χ0) is 12.8. The van der Waals surface area contributed by atoms with Gasteiger partial charge in [0.1, 0.15) is 0 Å². The fraction of sp³-hybridized carbons (Fsp3) is 0.929. The smallest absolute Gasteiger partial charge is 0.221 e. The number of amides is 1. The van der Waals surface area contributed by atoms with Crippen molar-refractivity contribution < 1.29 is 4.79 Å². The molecule has 0 bridgehead atoms. The van der Waals surface area contributed by atoms with Crippen LogP contribution in [0.25, 0.3) is 0 Å². The number of carbonyl (C=O) groups excluding carboxylic acids is 1. The minimum absolute atomic E-state index is 0.244. The predicted octanol–water partition coefficient (Wildman–Crippen LogP) is 2.17. The van der Waals surface area contributed by atoms with Gasteiger partial charge in [0.15, 0.2) is 0 Å². The van der Waals surface area contributed by atoms with Crippen LogP contribution in [0.4, 0.5) is 0 Å². The molecular weight excluding hydrogens is 244 g/mol. The van der Waals surface area contributed by atoms with Crippen LogP contribution < -0.4 is 10.6 Å². The first-order valence-electron chi connectivity index (χ1n) is 7.36. The van der Waals surface area contributed by atoms with Gasteiger partial charge < -0.3 is 10.6 Å². The summed E-state index contributed by atoms with van der Waals surface area (Å²) in [6, 6.07) is 0.793. The van der Waals surface area contributed by atoms with Crippen LogP contribution in [0.15, 0.2) is 0 Å². The van der Waals surface area contributed by atoms with Crippen LogP contribution in [0.3, 0.4) is 0 Å². The van der Waals surface area contributed by atoms with Gasteiger partial charge in [-0.3, -0.25) is 4.79 Å². The van der Waals surface area contributed by atoms with Gasteiger partial charge in [-0.05, 0) is 18.8 Å². The van der Waals surface area contributed by atoms with Crippen LogP contribution in [0, 0.1) is 5.92 Å². The van der Waals surface area contributed by atoms with Crippen molar-refractivity contribution in [2.24, 2.45) is 5.92 Å². The van der Waals surface area contributed by atoms with Crippen molar-refractivity contribution in [3.63, 3.8) is 0 Å². The maximum absolute atomic E-state index is 12.1. The summed E-state index contributed by atoms with van der Waals surface area (Å²) in [4.78, 5) is 12.1. The van der Waals surface area contributed by atoms with Gasteiger partial charge in [-0.1, -0.05) is 26.2 Å². The summed E-state index contributed by atoms with van der Waals surface area (Å²) in [6.45, 7) is 3.33. The van der Waals surface area contributed by atoms with E-state index in [2.05, 4.69) is 17.6 Å². The minimum Gasteiger partial charge on any atom is -0.353 e. The molecule has 3 unspecified atom stereocenters. The van der Waals surface area contributed by atoms with E-state index in [1.807, 2.05) is 11.8 Å². The Morgan fingerprint density at radius 1 is 1.33 bits per heavy atom. The maximum atomic E-state index is 12.1. The zero-order valence-corrected chi connectivity index (χ0v) is 12.2. The molecule has 3 atom stereocenters. The first-order chi connectivity index (χ1) is 8.75. The highest BCUT2D eigenvalue weighted by Crippen LogP contribution is 2.23. The van der Waals surface area contributed by atoms with Crippen molar-refractivity contribution in [2.75, 3.05) is 18.1 Å². The Morgan fingerprint density at radius 3 is 2.94 bits per heavy atom. The molecule has 18 heavy (non-hydrogen) atoms. The third kappa shape index (κ3) is 4.47. The number of hydrogen-bond acceptors (Lipinski definition) is 3. The Hall–Kier alpha value is -0.220. The molecule has 2 aliphatic rings. The summed E-state index contributed by atoms with van der Waals surface area (Å²) < 4.78 is 0. The molecule has 2 fully saturated rings. The van der Waals surface area contributed by atoms with Crippen molar-refractivity contribution in [2.45, 2.75) is 57.5 Å². The molecule has 2 rings (SSSR count). The standard InChI is InChI=1S/C14H26N2OS/c1-11-5-3-2-4-6-13(11)16-14(17)9-12-10-18-8-7-15-12/h11-13,15H,2-10H2,1H3,(H,16,17). The van der Waals surface area contributed by atoms with Gasteiger partial charge in [0.25, 0.3) is 0 Å². The van der Waals surface area contributed by atoms with Crippen molar-refractivity contribution in [3.8, 4) is 0 Å². The quantitative estimate of drug-likeness (QED) is 0.772. The first-order valence-corrected chi connectivity index (χ1v) is 8.51. The zero-order valence-electron chi connectivity index (χ0n) is 11.4. The summed E-state index contributed by atoms with van der Waals surface area (Å²) >= 11 is 1.95. The Bertz CT molecular complexity index is 267. The molecule has 0 spiro atoms. The lowest BCUT2D eigenvalue weighted by molar-refractivity contribution is -0.122. The van der Waals surface area contributed by atoms with E-state index in [4.69, 9.17) is 0 Å². The third-order valence-corrected chi connectivity index (χ3v) is 5.27. The van der Waals surface area contributed by atoms with Gasteiger partial charge in [-0.25, -0.2) is 0 Å². The molecule has 0 aromatic carbocycles. The molecule has 0 aromatic heterocycles. The lowest BCUT2D eigenvalue weighted by atomic mass is 9.96. The SMILES string of the molecule is CC1CCCCCC1NC(=O)CC1CSCCN1. The fourth-order valence-corrected chi connectivity index (χ4v) is 3.90. The topological polar surface area (TPSA) is 41.1 Å². The molecule has 1 amide bonds. The van der Waals surface area contributed by atoms with E-state index in [1.165, 1.54) is 37.9 Å². The second-order valence-corrected chi connectivity index (χ2v) is 6.87. The molecule has 4 heteroatoms. The van der Waals surface area contributed by atoms with Gasteiger partial charge >= 0.3 is 0 Å². The van der Waals surface area contributed by atoms with Crippen LogP contribution in [-0.4, -0.2) is 36.0 Å². The first kappa shape index (κ1) is 14.2. The second-order valence-electron chi connectivity index (χ2n) is 5.72. The summed E-state index contributed by atoms with van der Waals surface area (Å²) in [5, 5.41) is 6.70. The third-order valence-electron chi connectivity index (χ3n) is 4.14. The van der Waals surface area contributed by atoms with E-state index in [0.717, 1.165) is 12.3 Å². The Kier molecular flexibility index (Phi) is 5.83. The maximum Gasteiger partial charge on any atom is 0.221 e. The van der Waals surface area contributed by atoms with Gasteiger partial charge in [0.2, 0.25) is 5.91 Å². The number of thioether (sulfide) groups is 1. The van der Waals surface area contributed by atoms with Crippen molar-refractivity contribution in [1.29, 1.82) is 0 Å². The molecule has 1 saturated heterocycles. The van der Waals surface area contributed by atoms with Crippen molar-refractivity contribution in [1.82, 2.24) is 10.6 Å². The average Bonchev–Trinajstić information content (AvgIpc) is 2.56. The molecule has 0 radical (unpaired) electrons. The molecule has 3 nitrogen and oxygen atoms in total. The number of hydrogen-bond donors (Lipinski definition) is 2. The van der Waals surface area contributed by atoms with E-state index in [0.29, 0.717) is 24.4 Å². The van der Waals surface area contributed by atoms with E-state index >= 15 is 0 Å². The normalized spacial score (nSPS) is 33.7. The van der Waals surface area contributed by atoms with Crippen LogP contribution in [0.1, 0.15) is 45.4 Å². The summed E-state index contributed by atoms with van der Waals surface area (Å²) in [7, 11) is 0. The van der Waals surface area contributed by atoms with Gasteiger partial charge in [-0.2, -0.15) is 11.8 Å². The molecule has 1 aliphatic heterocycles. The number of carbonyl (C=O) groups is 1. The predicted molar refractivity (Wildman–Crippen MR) is 77.9 cm³/mol. The van der Waals surface area contributed by atoms with Crippen LogP contribution in [0.2, 0.25) is 0 Å². The van der Waals surface area contributed by atoms with Crippen LogP contribution in [0.5, 0.6) is 0 Å². The molecular formula is C14H26N2OS. The van der Waals surface area contributed by atoms with E-state index < -0.39 is 0 Å². The minimum atomic E-state index is 0.244. The second kappa shape index (κ2) is 7.39. The van der Waals surface area contributed by atoms with Gasteiger partial charge in [0.05, 0.1) is 0 Å².